The molecule has 0 radical (unpaired) electrons. The molecule has 0 saturated carbocycles. The molecular formula is C14H24O4. The minimum Gasteiger partial charge on any atom is -0.466 e. The van der Waals surface area contributed by atoms with Crippen LogP contribution in [0.5, 0.6) is 0 Å². The number of hydrogen-bond donors (Lipinski definition) is 0. The molecule has 0 N–H and O–H groups in total. The lowest BCUT2D eigenvalue weighted by Crippen LogP contribution is -2.25. The highest BCUT2D eigenvalue weighted by atomic mass is 16.5. The molecule has 0 saturated heterocycles. The van der Waals surface area contributed by atoms with E-state index >= 15 is 0 Å². The molecule has 4 heteroatoms. The van der Waals surface area contributed by atoms with Crippen molar-refractivity contribution in [2.24, 2.45) is 11.8 Å². The topological polar surface area (TPSA) is 52.6 Å². The van der Waals surface area contributed by atoms with Crippen molar-refractivity contribution in [3.63, 3.8) is 0 Å². The number of rotatable bonds is 7. The number of carbonyl (C=O) groups excluding carboxylic acids is 2. The normalized spacial score (nSPS) is 13.3. The molecule has 0 aliphatic heterocycles. The third-order valence-electron chi connectivity index (χ3n) is 2.38. The van der Waals surface area contributed by atoms with Crippen LogP contribution in [0.1, 0.15) is 41.0 Å². The summed E-state index contributed by atoms with van der Waals surface area (Å²) in [7, 11) is 0. The van der Waals surface area contributed by atoms with Gasteiger partial charge >= 0.3 is 11.9 Å². The second kappa shape index (κ2) is 8.72. The van der Waals surface area contributed by atoms with E-state index in [-0.39, 0.29) is 11.9 Å². The number of allylic oxidation sites excluding steroid dienone is 1. The zero-order valence-electron chi connectivity index (χ0n) is 12.0. The van der Waals surface area contributed by atoms with Crippen LogP contribution < -0.4 is 0 Å². The van der Waals surface area contributed by atoms with Gasteiger partial charge in [-0.05, 0) is 26.2 Å². The molecule has 0 bridgehead atoms. The maximum absolute atomic E-state index is 11.9. The minimum absolute atomic E-state index is 0.174. The van der Waals surface area contributed by atoms with Crippen molar-refractivity contribution in [1.29, 1.82) is 0 Å². The first-order valence-corrected chi connectivity index (χ1v) is 6.53. The molecule has 0 aromatic rings. The Balaban J connectivity index is 5.14. The van der Waals surface area contributed by atoms with Crippen molar-refractivity contribution in [2.75, 3.05) is 13.2 Å². The van der Waals surface area contributed by atoms with E-state index in [1.54, 1.807) is 19.9 Å². The fourth-order valence-electron chi connectivity index (χ4n) is 1.66. The van der Waals surface area contributed by atoms with Crippen LogP contribution in [0.25, 0.3) is 0 Å². The summed E-state index contributed by atoms with van der Waals surface area (Å²) in [5, 5.41) is 0. The van der Waals surface area contributed by atoms with Gasteiger partial charge in [-0.2, -0.15) is 0 Å². The van der Waals surface area contributed by atoms with E-state index in [1.165, 1.54) is 0 Å². The molecule has 1 unspecified atom stereocenters. The Morgan fingerprint density at radius 2 is 1.61 bits per heavy atom. The number of ether oxygens (including phenoxy) is 2. The van der Waals surface area contributed by atoms with E-state index in [0.29, 0.717) is 25.2 Å². The first-order chi connectivity index (χ1) is 8.47. The van der Waals surface area contributed by atoms with E-state index in [9.17, 15) is 9.59 Å². The molecular weight excluding hydrogens is 232 g/mol. The van der Waals surface area contributed by atoms with Crippen LogP contribution in [0.15, 0.2) is 11.6 Å². The van der Waals surface area contributed by atoms with E-state index in [0.717, 1.165) is 0 Å². The van der Waals surface area contributed by atoms with Gasteiger partial charge in [0.15, 0.2) is 0 Å². The Bertz CT molecular complexity index is 305. The van der Waals surface area contributed by atoms with Crippen LogP contribution in [0.3, 0.4) is 0 Å². The predicted octanol–water partition coefficient (Wildman–Crippen LogP) is 2.72. The Labute approximate surface area is 109 Å². The van der Waals surface area contributed by atoms with Gasteiger partial charge in [0.2, 0.25) is 0 Å². The summed E-state index contributed by atoms with van der Waals surface area (Å²) in [6, 6.07) is 0. The van der Waals surface area contributed by atoms with Gasteiger partial charge in [0.05, 0.1) is 19.1 Å². The summed E-state index contributed by atoms with van der Waals surface area (Å²) in [5.74, 6) is -1.15. The number of esters is 2. The van der Waals surface area contributed by atoms with Crippen molar-refractivity contribution in [1.82, 2.24) is 0 Å². The molecule has 4 nitrogen and oxygen atoms in total. The molecule has 0 aromatic heterocycles. The average molecular weight is 256 g/mol. The first kappa shape index (κ1) is 16.7. The zero-order valence-corrected chi connectivity index (χ0v) is 12.0. The van der Waals surface area contributed by atoms with E-state index < -0.39 is 11.9 Å². The lowest BCUT2D eigenvalue weighted by molar-refractivity contribution is -0.150. The van der Waals surface area contributed by atoms with Crippen molar-refractivity contribution < 1.29 is 19.1 Å². The van der Waals surface area contributed by atoms with Gasteiger partial charge in [-0.3, -0.25) is 4.79 Å². The molecule has 0 fully saturated rings. The van der Waals surface area contributed by atoms with Crippen LogP contribution in [0, 0.1) is 11.8 Å². The molecule has 0 spiro atoms. The molecule has 0 aromatic carbocycles. The highest BCUT2D eigenvalue weighted by Gasteiger charge is 2.28. The van der Waals surface area contributed by atoms with Crippen molar-refractivity contribution >= 4 is 11.9 Å². The van der Waals surface area contributed by atoms with Crippen LogP contribution in [-0.4, -0.2) is 25.2 Å². The molecule has 18 heavy (non-hydrogen) atoms. The van der Waals surface area contributed by atoms with Crippen molar-refractivity contribution in [3.8, 4) is 0 Å². The van der Waals surface area contributed by atoms with Gasteiger partial charge in [0.1, 0.15) is 0 Å². The third kappa shape index (κ3) is 5.34. The summed E-state index contributed by atoms with van der Waals surface area (Å²) in [4.78, 5) is 23.7. The second-order valence-electron chi connectivity index (χ2n) is 4.30. The summed E-state index contributed by atoms with van der Waals surface area (Å²) in [5.41, 5.74) is 0.410. The Morgan fingerprint density at radius 1 is 1.06 bits per heavy atom. The Morgan fingerprint density at radius 3 is 2.00 bits per heavy atom. The highest BCUT2D eigenvalue weighted by Crippen LogP contribution is 2.20. The van der Waals surface area contributed by atoms with E-state index in [1.807, 2.05) is 20.8 Å². The SMILES string of the molecule is CCOC(=O)C(=CC(C)C)C(CC)C(=O)OCC. The Kier molecular flexibility index (Phi) is 8.08. The van der Waals surface area contributed by atoms with Gasteiger partial charge in [0.25, 0.3) is 0 Å². The molecule has 1 atom stereocenters. The maximum atomic E-state index is 11.9. The Hall–Kier alpha value is -1.32. The standard InChI is InChI=1S/C14H24O4/c1-6-11(13(15)17-7-2)12(9-10(4)5)14(16)18-8-3/h9-11H,6-8H2,1-5H3. The maximum Gasteiger partial charge on any atom is 0.334 e. The second-order valence-corrected chi connectivity index (χ2v) is 4.30. The van der Waals surface area contributed by atoms with Crippen molar-refractivity contribution in [3.05, 3.63) is 11.6 Å². The molecule has 0 rings (SSSR count). The molecule has 104 valence electrons. The van der Waals surface area contributed by atoms with E-state index in [4.69, 9.17) is 9.47 Å². The lowest BCUT2D eigenvalue weighted by atomic mass is 9.93. The average Bonchev–Trinajstić information content (AvgIpc) is 2.28. The quantitative estimate of drug-likeness (QED) is 0.519. The third-order valence-corrected chi connectivity index (χ3v) is 2.38. The summed E-state index contributed by atoms with van der Waals surface area (Å²) in [6.07, 6.45) is 2.30. The highest BCUT2D eigenvalue weighted by molar-refractivity contribution is 5.95. The predicted molar refractivity (Wildman–Crippen MR) is 70.0 cm³/mol. The molecule has 0 amide bonds. The van der Waals surface area contributed by atoms with Crippen LogP contribution >= 0.6 is 0 Å². The van der Waals surface area contributed by atoms with Gasteiger partial charge in [-0.1, -0.05) is 26.8 Å². The molecule has 0 heterocycles. The lowest BCUT2D eigenvalue weighted by Gasteiger charge is -2.17. The monoisotopic (exact) mass is 256 g/mol. The van der Waals surface area contributed by atoms with E-state index in [2.05, 4.69) is 0 Å². The fourth-order valence-corrected chi connectivity index (χ4v) is 1.66. The summed E-state index contributed by atoms with van der Waals surface area (Å²) >= 11 is 0. The smallest absolute Gasteiger partial charge is 0.334 e. The van der Waals surface area contributed by atoms with Gasteiger partial charge < -0.3 is 9.47 Å². The number of carbonyl (C=O) groups is 2. The minimum atomic E-state index is -0.536. The number of hydrogen-bond acceptors (Lipinski definition) is 4. The summed E-state index contributed by atoms with van der Waals surface area (Å²) < 4.78 is 10.00. The van der Waals surface area contributed by atoms with Gasteiger partial charge in [0, 0.05) is 5.57 Å². The van der Waals surface area contributed by atoms with Crippen molar-refractivity contribution in [2.45, 2.75) is 41.0 Å². The molecule has 0 aliphatic carbocycles. The van der Waals surface area contributed by atoms with Gasteiger partial charge in [-0.15, -0.1) is 0 Å². The summed E-state index contributed by atoms with van der Waals surface area (Å²) in [6.45, 7) is 9.88. The van der Waals surface area contributed by atoms with Gasteiger partial charge in [-0.25, -0.2) is 4.79 Å². The van der Waals surface area contributed by atoms with Crippen LogP contribution in [0.4, 0.5) is 0 Å². The molecule has 0 aliphatic rings. The largest absolute Gasteiger partial charge is 0.466 e. The first-order valence-electron chi connectivity index (χ1n) is 6.53. The fraction of sp³-hybridized carbons (Fsp3) is 0.714. The van der Waals surface area contributed by atoms with Crippen LogP contribution in [0.2, 0.25) is 0 Å². The zero-order chi connectivity index (χ0) is 14.1. The van der Waals surface area contributed by atoms with Crippen LogP contribution in [-0.2, 0) is 19.1 Å².